The second-order valence-corrected chi connectivity index (χ2v) is 2.03. The van der Waals surface area contributed by atoms with E-state index in [1.165, 1.54) is 13.8 Å². The van der Waals surface area contributed by atoms with Crippen molar-refractivity contribution in [2.24, 2.45) is 5.73 Å². The second-order valence-electron chi connectivity index (χ2n) is 2.03. The highest BCUT2D eigenvalue weighted by Crippen LogP contribution is 1.93. The Balaban J connectivity index is 3.79. The van der Waals surface area contributed by atoms with Crippen molar-refractivity contribution in [3.8, 4) is 0 Å². The van der Waals surface area contributed by atoms with Crippen LogP contribution in [0.1, 0.15) is 13.8 Å². The fraction of sp³-hybridized carbons (Fsp3) is 0.750. The maximum Gasteiger partial charge on any atom is 0.323 e. The molecule has 0 aromatic heterocycles. The molecule has 0 aliphatic carbocycles. The van der Waals surface area contributed by atoms with Gasteiger partial charge in [0.2, 0.25) is 0 Å². The summed E-state index contributed by atoms with van der Waals surface area (Å²) in [6, 6.07) is 0. The van der Waals surface area contributed by atoms with Crippen LogP contribution in [0.2, 0.25) is 0 Å². The van der Waals surface area contributed by atoms with E-state index >= 15 is 0 Å². The highest BCUT2D eigenvalue weighted by molar-refractivity contribution is 5.77. The predicted molar refractivity (Wildman–Crippen MR) is 25.9 cm³/mol. The average molecular weight is 105 g/mol. The summed E-state index contributed by atoms with van der Waals surface area (Å²) in [6.07, 6.45) is 0. The molecule has 0 spiro atoms. The zero-order chi connectivity index (χ0) is 6.08. The van der Waals surface area contributed by atoms with E-state index in [2.05, 4.69) is 0 Å². The summed E-state index contributed by atoms with van der Waals surface area (Å²) in [4.78, 5) is 9.90. The van der Waals surface area contributed by atoms with Gasteiger partial charge in [0.1, 0.15) is 5.54 Å². The summed E-state index contributed by atoms with van der Waals surface area (Å²) in [6.45, 7) is 2.88. The lowest BCUT2D eigenvalue weighted by Crippen LogP contribution is -2.41. The summed E-state index contributed by atoms with van der Waals surface area (Å²) >= 11 is 0. The van der Waals surface area contributed by atoms with Crippen molar-refractivity contribution in [2.45, 2.75) is 19.4 Å². The van der Waals surface area contributed by atoms with Crippen LogP contribution < -0.4 is 5.73 Å². The first-order valence-electron chi connectivity index (χ1n) is 1.97. The lowest BCUT2D eigenvalue weighted by molar-refractivity contribution is -0.141. The van der Waals surface area contributed by atoms with E-state index in [9.17, 15) is 4.79 Å². The van der Waals surface area contributed by atoms with Crippen molar-refractivity contribution in [3.05, 3.63) is 0 Å². The van der Waals surface area contributed by atoms with Gasteiger partial charge in [0.25, 0.3) is 0 Å². The van der Waals surface area contributed by atoms with Crippen LogP contribution in [0.3, 0.4) is 0 Å². The quantitative estimate of drug-likeness (QED) is 0.485. The number of aliphatic carboxylic acids is 1. The third-order valence-electron chi connectivity index (χ3n) is 0.551. The molecule has 0 aromatic rings. The molecule has 0 aliphatic rings. The van der Waals surface area contributed by atoms with Gasteiger partial charge in [0.15, 0.2) is 0 Å². The first kappa shape index (κ1) is 6.43. The minimum atomic E-state index is -1.08. The largest absolute Gasteiger partial charge is 0.480 e. The van der Waals surface area contributed by atoms with Crippen LogP contribution in [-0.4, -0.2) is 16.6 Å². The second kappa shape index (κ2) is 1.50. The van der Waals surface area contributed by atoms with E-state index in [0.29, 0.717) is 0 Å². The fourth-order valence-corrected chi connectivity index (χ4v) is 0. The third kappa shape index (κ3) is 2.17. The Hall–Kier alpha value is -0.570. The molecule has 0 aromatic carbocycles. The van der Waals surface area contributed by atoms with E-state index in [-0.39, 0.29) is 0 Å². The van der Waals surface area contributed by atoms with Gasteiger partial charge in [-0.15, -0.1) is 0 Å². The van der Waals surface area contributed by atoms with E-state index in [1.54, 1.807) is 0 Å². The standard InChI is InChI=1S/C4H9NO2/c1-4(2,5)3(6)7/h5H2,1-2H3,(H,6,7)/i1+2/t4-/m0/s1. The number of carboxylic acids is 1. The molecule has 7 heavy (non-hydrogen) atoms. The lowest BCUT2D eigenvalue weighted by atomic mass is 10.2. The maximum atomic E-state index is 9.90. The number of carbonyl (C=O) groups is 1. The molecule has 3 N–H and O–H groups in total. The minimum Gasteiger partial charge on any atom is -0.480 e. The van der Waals surface area contributed by atoms with Crippen LogP contribution in [0.25, 0.3) is 0 Å². The van der Waals surface area contributed by atoms with Crippen molar-refractivity contribution in [1.29, 1.82) is 0 Å². The Bertz CT molecular complexity index is 82.2. The molecule has 3 heteroatoms. The summed E-state index contributed by atoms with van der Waals surface area (Å²) in [5, 5.41) is 8.12. The molecule has 0 aliphatic heterocycles. The van der Waals surface area contributed by atoms with Gasteiger partial charge in [-0.2, -0.15) is 0 Å². The molecular weight excluding hydrogens is 96.0 g/mol. The Morgan fingerprint density at radius 1 is 2.00 bits per heavy atom. The smallest absolute Gasteiger partial charge is 0.323 e. The van der Waals surface area contributed by atoms with Crippen molar-refractivity contribution in [1.82, 2.24) is 0 Å². The molecule has 0 rings (SSSR count). The van der Waals surface area contributed by atoms with Crippen molar-refractivity contribution < 1.29 is 9.90 Å². The van der Waals surface area contributed by atoms with Crippen molar-refractivity contribution >= 4 is 5.97 Å². The van der Waals surface area contributed by atoms with E-state index in [0.717, 1.165) is 0 Å². The van der Waals surface area contributed by atoms with Gasteiger partial charge in [0.05, 0.1) is 0 Å². The normalized spacial score (nSPS) is 18.1. The van der Waals surface area contributed by atoms with Gasteiger partial charge >= 0.3 is 5.97 Å². The Labute approximate surface area is 42.1 Å². The van der Waals surface area contributed by atoms with Crippen LogP contribution in [0.5, 0.6) is 0 Å². The summed E-state index contributed by atoms with van der Waals surface area (Å²) in [5.41, 5.74) is 4.00. The molecule has 0 saturated carbocycles. The van der Waals surface area contributed by atoms with Crippen molar-refractivity contribution in [3.63, 3.8) is 0 Å². The van der Waals surface area contributed by atoms with Gasteiger partial charge in [-0.25, -0.2) is 0 Å². The van der Waals surface area contributed by atoms with Gasteiger partial charge in [0, 0.05) is 0 Å². The molecule has 0 unspecified atom stereocenters. The van der Waals surface area contributed by atoms with Crippen LogP contribution in [0.15, 0.2) is 0 Å². The SMILES string of the molecule is C[C@]([14CH3])(N)C(=O)O. The molecule has 42 valence electrons. The maximum absolute atomic E-state index is 9.90. The molecule has 0 radical (unpaired) electrons. The molecule has 0 fully saturated rings. The van der Waals surface area contributed by atoms with Crippen LogP contribution in [0, 0.1) is 0 Å². The molecule has 0 saturated heterocycles. The summed E-state index contributed by atoms with van der Waals surface area (Å²) < 4.78 is 0. The first-order valence-corrected chi connectivity index (χ1v) is 1.97. The molecule has 0 bridgehead atoms. The summed E-state index contributed by atoms with van der Waals surface area (Å²) in [5.74, 6) is -0.979. The van der Waals surface area contributed by atoms with Gasteiger partial charge in [-0.05, 0) is 13.8 Å². The fourth-order valence-electron chi connectivity index (χ4n) is 0. The number of nitrogens with two attached hydrogens (primary N) is 1. The molecule has 3 nitrogen and oxygen atoms in total. The van der Waals surface area contributed by atoms with E-state index in [4.69, 9.17) is 10.8 Å². The zero-order valence-electron chi connectivity index (χ0n) is 4.43. The van der Waals surface area contributed by atoms with Gasteiger partial charge in [-0.1, -0.05) is 0 Å². The highest BCUT2D eigenvalue weighted by atomic mass is 16.4. The predicted octanol–water partition coefficient (Wildman–Crippen LogP) is -0.192. The Kier molecular flexibility index (Phi) is 1.38. The van der Waals surface area contributed by atoms with Gasteiger partial charge < -0.3 is 10.8 Å². The van der Waals surface area contributed by atoms with Crippen LogP contribution >= 0.6 is 0 Å². The number of rotatable bonds is 1. The third-order valence-corrected chi connectivity index (χ3v) is 0.551. The molecule has 1 atom stereocenters. The number of hydrogen-bond donors (Lipinski definition) is 2. The minimum absolute atomic E-state index is 0.979. The zero-order valence-corrected chi connectivity index (χ0v) is 4.43. The summed E-state index contributed by atoms with van der Waals surface area (Å²) in [7, 11) is 0. The van der Waals surface area contributed by atoms with E-state index < -0.39 is 11.5 Å². The molecule has 0 amide bonds. The van der Waals surface area contributed by atoms with E-state index in [1.807, 2.05) is 0 Å². The van der Waals surface area contributed by atoms with Crippen LogP contribution in [0.4, 0.5) is 0 Å². The Morgan fingerprint density at radius 2 is 2.14 bits per heavy atom. The van der Waals surface area contributed by atoms with Gasteiger partial charge in [-0.3, -0.25) is 4.79 Å². The van der Waals surface area contributed by atoms with Crippen LogP contribution in [-0.2, 0) is 4.79 Å². The Morgan fingerprint density at radius 3 is 2.14 bits per heavy atom. The number of carboxylic acid groups (broad SMARTS) is 1. The van der Waals surface area contributed by atoms with Crippen molar-refractivity contribution in [2.75, 3.05) is 0 Å². The molecular formula is C4H9NO2. The highest BCUT2D eigenvalue weighted by Gasteiger charge is 2.19. The lowest BCUT2D eigenvalue weighted by Gasteiger charge is -2.09. The average Bonchev–Trinajstić information content (AvgIpc) is 1.31. The monoisotopic (exact) mass is 105 g/mol. The topological polar surface area (TPSA) is 63.3 Å². The first-order chi connectivity index (χ1) is 2.94. The number of hydrogen-bond acceptors (Lipinski definition) is 2. The molecule has 0 heterocycles.